The molecule has 0 spiro atoms. The van der Waals surface area contributed by atoms with Crippen LogP contribution in [0.15, 0.2) is 30.3 Å². The van der Waals surface area contributed by atoms with Gasteiger partial charge in [-0.25, -0.2) is 0 Å². The molecule has 2 aromatic carbocycles. The number of hydrogen-bond donors (Lipinski definition) is 7. The average Bonchev–Trinajstić information content (AvgIpc) is 2.90. The number of hydrogen-bond acceptors (Lipinski definition) is 11. The van der Waals surface area contributed by atoms with Gasteiger partial charge in [0.1, 0.15) is 24.4 Å². The van der Waals surface area contributed by atoms with E-state index in [9.17, 15) is 35.7 Å². The molecule has 0 bridgehead atoms. The van der Waals surface area contributed by atoms with Crippen LogP contribution in [0, 0.1) is 11.8 Å². The van der Waals surface area contributed by atoms with Crippen molar-refractivity contribution in [2.24, 2.45) is 11.8 Å². The van der Waals surface area contributed by atoms with Crippen LogP contribution in [-0.4, -0.2) is 100 Å². The van der Waals surface area contributed by atoms with Gasteiger partial charge in [0.05, 0.1) is 27.4 Å². The third-order valence-corrected chi connectivity index (χ3v) is 7.39. The van der Waals surface area contributed by atoms with E-state index in [1.54, 1.807) is 24.3 Å². The highest BCUT2D eigenvalue weighted by Crippen LogP contribution is 2.48. The lowest BCUT2D eigenvalue weighted by molar-refractivity contribution is -0.304. The van der Waals surface area contributed by atoms with Crippen molar-refractivity contribution < 1.29 is 54.7 Å². The minimum absolute atomic E-state index is 0.00225. The fourth-order valence-electron chi connectivity index (χ4n) is 5.37. The zero-order valence-corrected chi connectivity index (χ0v) is 20.6. The lowest BCUT2D eigenvalue weighted by atomic mass is 9.67. The molecule has 0 radical (unpaired) electrons. The Bertz CT molecular complexity index is 1070. The van der Waals surface area contributed by atoms with E-state index < -0.39 is 49.1 Å². The topological polar surface area (TPSA) is 179 Å². The van der Waals surface area contributed by atoms with Gasteiger partial charge >= 0.3 is 0 Å². The van der Waals surface area contributed by atoms with Crippen LogP contribution in [0.1, 0.15) is 22.6 Å². The third kappa shape index (κ3) is 5.21. The maximum atomic E-state index is 10.5. The molecular formula is C26H34O11. The van der Waals surface area contributed by atoms with Crippen LogP contribution >= 0.6 is 0 Å². The molecule has 1 aliphatic carbocycles. The van der Waals surface area contributed by atoms with E-state index in [4.69, 9.17) is 18.9 Å². The summed E-state index contributed by atoms with van der Waals surface area (Å²) in [7, 11) is 2.88. The minimum Gasteiger partial charge on any atom is -0.504 e. The fraction of sp³-hybridized carbons (Fsp3) is 0.538. The van der Waals surface area contributed by atoms with Gasteiger partial charge in [0.2, 0.25) is 0 Å². The number of ether oxygens (including phenoxy) is 4. The Labute approximate surface area is 214 Å². The SMILES string of the molecule is COc1cc([C@H]2c3cc(O)c(OC)cc3C[C@@H](CO[C@@H]3O[C@H](CO)[C@@H](O)[C@H](O)[C@H]3O)[C@@H]2CO)ccc1O. The monoisotopic (exact) mass is 522 g/mol. The summed E-state index contributed by atoms with van der Waals surface area (Å²) in [6, 6.07) is 8.23. The Hall–Kier alpha value is -2.64. The fourth-order valence-corrected chi connectivity index (χ4v) is 5.37. The van der Waals surface area contributed by atoms with E-state index in [0.29, 0.717) is 6.42 Å². The molecule has 0 aromatic heterocycles. The number of benzene rings is 2. The van der Waals surface area contributed by atoms with Gasteiger partial charge < -0.3 is 54.7 Å². The number of aliphatic hydroxyl groups excluding tert-OH is 5. The van der Waals surface area contributed by atoms with Gasteiger partial charge in [-0.15, -0.1) is 0 Å². The summed E-state index contributed by atoms with van der Waals surface area (Å²) in [5.74, 6) is -0.704. The first-order valence-corrected chi connectivity index (χ1v) is 12.0. The molecular weight excluding hydrogens is 488 g/mol. The van der Waals surface area contributed by atoms with Crippen LogP contribution in [-0.2, 0) is 15.9 Å². The molecule has 8 atom stereocenters. The van der Waals surface area contributed by atoms with Crippen molar-refractivity contribution in [2.45, 2.75) is 43.0 Å². The number of fused-ring (bicyclic) bond motifs is 1. The molecule has 0 saturated carbocycles. The molecule has 0 amide bonds. The van der Waals surface area contributed by atoms with Crippen LogP contribution in [0.2, 0.25) is 0 Å². The summed E-state index contributed by atoms with van der Waals surface area (Å²) in [6.07, 6.45) is -6.59. The molecule has 11 heteroatoms. The van der Waals surface area contributed by atoms with Crippen molar-refractivity contribution in [3.63, 3.8) is 0 Å². The van der Waals surface area contributed by atoms with Crippen LogP contribution in [0.4, 0.5) is 0 Å². The number of aliphatic hydroxyl groups is 5. The van der Waals surface area contributed by atoms with Crippen LogP contribution in [0.25, 0.3) is 0 Å². The summed E-state index contributed by atoms with van der Waals surface area (Å²) in [4.78, 5) is 0. The predicted molar refractivity (Wildman–Crippen MR) is 129 cm³/mol. The summed E-state index contributed by atoms with van der Waals surface area (Å²) in [5, 5.41) is 71.1. The molecule has 1 fully saturated rings. The molecule has 2 aliphatic rings. The van der Waals surface area contributed by atoms with Gasteiger partial charge in [0.15, 0.2) is 29.3 Å². The molecule has 1 aliphatic heterocycles. The number of methoxy groups -OCH3 is 2. The maximum Gasteiger partial charge on any atom is 0.186 e. The van der Waals surface area contributed by atoms with Crippen molar-refractivity contribution >= 4 is 0 Å². The van der Waals surface area contributed by atoms with Crippen LogP contribution < -0.4 is 9.47 Å². The zero-order valence-electron chi connectivity index (χ0n) is 20.6. The zero-order chi connectivity index (χ0) is 26.9. The molecule has 4 rings (SSSR count). The maximum absolute atomic E-state index is 10.5. The summed E-state index contributed by atoms with van der Waals surface area (Å²) in [6.45, 7) is -0.819. The Balaban J connectivity index is 1.68. The highest BCUT2D eigenvalue weighted by molar-refractivity contribution is 5.53. The molecule has 204 valence electrons. The molecule has 11 nitrogen and oxygen atoms in total. The minimum atomic E-state index is -1.57. The van der Waals surface area contributed by atoms with Crippen molar-refractivity contribution in [3.05, 3.63) is 47.0 Å². The van der Waals surface area contributed by atoms with Gasteiger partial charge in [-0.05, 0) is 59.2 Å². The van der Waals surface area contributed by atoms with Gasteiger partial charge in [-0.3, -0.25) is 0 Å². The lowest BCUT2D eigenvalue weighted by Crippen LogP contribution is -2.59. The number of aromatic hydroxyl groups is 2. The van der Waals surface area contributed by atoms with Gasteiger partial charge in [-0.1, -0.05) is 6.07 Å². The quantitative estimate of drug-likeness (QED) is 0.245. The number of rotatable bonds is 8. The van der Waals surface area contributed by atoms with Crippen LogP contribution in [0.5, 0.6) is 23.0 Å². The lowest BCUT2D eigenvalue weighted by Gasteiger charge is -2.42. The summed E-state index contributed by atoms with van der Waals surface area (Å²) < 4.78 is 21.9. The van der Waals surface area contributed by atoms with E-state index in [1.807, 2.05) is 0 Å². The largest absolute Gasteiger partial charge is 0.504 e. The molecule has 37 heavy (non-hydrogen) atoms. The van der Waals surface area contributed by atoms with Crippen molar-refractivity contribution in [1.82, 2.24) is 0 Å². The van der Waals surface area contributed by atoms with Crippen molar-refractivity contribution in [1.29, 1.82) is 0 Å². The normalized spacial score (nSPS) is 31.5. The number of phenolic OH excluding ortho intramolecular Hbond substituents is 2. The van der Waals surface area contributed by atoms with Crippen molar-refractivity contribution in [3.8, 4) is 23.0 Å². The van der Waals surface area contributed by atoms with Gasteiger partial charge in [0, 0.05) is 12.5 Å². The Morgan fingerprint density at radius 1 is 0.865 bits per heavy atom. The number of phenols is 2. The first-order valence-electron chi connectivity index (χ1n) is 12.0. The van der Waals surface area contributed by atoms with E-state index in [2.05, 4.69) is 0 Å². The second-order valence-corrected chi connectivity index (χ2v) is 9.47. The van der Waals surface area contributed by atoms with Crippen LogP contribution in [0.3, 0.4) is 0 Å². The van der Waals surface area contributed by atoms with E-state index in [-0.39, 0.29) is 42.1 Å². The van der Waals surface area contributed by atoms with E-state index in [1.165, 1.54) is 20.3 Å². The molecule has 0 unspecified atom stereocenters. The first kappa shape index (κ1) is 27.4. The Kier molecular flexibility index (Phi) is 8.44. The highest BCUT2D eigenvalue weighted by atomic mass is 16.7. The predicted octanol–water partition coefficient (Wildman–Crippen LogP) is -0.156. The van der Waals surface area contributed by atoms with Gasteiger partial charge in [-0.2, -0.15) is 0 Å². The van der Waals surface area contributed by atoms with E-state index in [0.717, 1.165) is 16.7 Å². The summed E-state index contributed by atoms with van der Waals surface area (Å²) in [5.41, 5.74) is 2.35. The summed E-state index contributed by atoms with van der Waals surface area (Å²) >= 11 is 0. The second-order valence-electron chi connectivity index (χ2n) is 9.47. The molecule has 1 saturated heterocycles. The molecule has 7 N–H and O–H groups in total. The molecule has 2 aromatic rings. The van der Waals surface area contributed by atoms with Crippen molar-refractivity contribution in [2.75, 3.05) is 34.0 Å². The first-order chi connectivity index (χ1) is 17.7. The van der Waals surface area contributed by atoms with E-state index >= 15 is 0 Å². The third-order valence-electron chi connectivity index (χ3n) is 7.39. The second kappa shape index (κ2) is 11.4. The molecule has 1 heterocycles. The standard InChI is InChI=1S/C26H34O11/c1-34-19-6-12(3-4-17(19)29)22-15-8-18(30)20(35-2)7-13(15)5-14(16(22)9-27)11-36-26-25(33)24(32)23(31)21(10-28)37-26/h3-4,6-8,14,16,21-33H,5,9-11H2,1-2H3/t14-,16-,21+,22-,23+,24-,25+,26+/m0/s1. The highest BCUT2D eigenvalue weighted by Gasteiger charge is 2.45. The average molecular weight is 523 g/mol. The smallest absolute Gasteiger partial charge is 0.186 e. The Morgan fingerprint density at radius 2 is 1.57 bits per heavy atom. The Morgan fingerprint density at radius 3 is 2.22 bits per heavy atom. The van der Waals surface area contributed by atoms with Gasteiger partial charge in [0.25, 0.3) is 0 Å².